The zero-order chi connectivity index (χ0) is 13.3. The number of hydrogen-bond donors (Lipinski definition) is 1. The number of rotatable bonds is 6. The fourth-order valence-corrected chi connectivity index (χ4v) is 3.24. The van der Waals surface area contributed by atoms with Crippen LogP contribution in [0.5, 0.6) is 0 Å². The van der Waals surface area contributed by atoms with Crippen molar-refractivity contribution < 1.29 is 4.79 Å². The van der Waals surface area contributed by atoms with E-state index in [-0.39, 0.29) is 5.92 Å². The van der Waals surface area contributed by atoms with Crippen LogP contribution in [0.1, 0.15) is 39.5 Å². The molecule has 2 atom stereocenters. The van der Waals surface area contributed by atoms with Gasteiger partial charge in [-0.3, -0.25) is 4.79 Å². The van der Waals surface area contributed by atoms with Crippen LogP contribution >= 0.6 is 12.2 Å². The minimum Gasteiger partial charge on any atom is -0.393 e. The van der Waals surface area contributed by atoms with Crippen LogP contribution in [0.3, 0.4) is 0 Å². The van der Waals surface area contributed by atoms with E-state index in [0.29, 0.717) is 29.8 Å². The Bertz CT molecular complexity index is 333. The average Bonchev–Trinajstić information content (AvgIpc) is 2.90. The summed E-state index contributed by atoms with van der Waals surface area (Å²) in [6, 6.07) is 0. The molecule has 0 aromatic rings. The topological polar surface area (TPSA) is 46.3 Å². The van der Waals surface area contributed by atoms with E-state index in [2.05, 4.69) is 13.8 Å². The van der Waals surface area contributed by atoms with Gasteiger partial charge in [-0.05, 0) is 37.0 Å². The van der Waals surface area contributed by atoms with Crippen LogP contribution < -0.4 is 5.73 Å². The maximum absolute atomic E-state index is 12.5. The van der Waals surface area contributed by atoms with E-state index in [1.165, 1.54) is 6.42 Å². The van der Waals surface area contributed by atoms with Crippen molar-refractivity contribution >= 4 is 23.1 Å². The van der Waals surface area contributed by atoms with Crippen LogP contribution in [-0.2, 0) is 4.79 Å². The standard InChI is InChI=1S/C14H24N2OS/c1-9(2)8-16(4-3-13(15)18)14(17)12-6-10-5-11(10)7-12/h9-12H,3-8H2,1-2H3,(H2,15,18). The average molecular weight is 268 g/mol. The Morgan fingerprint density at radius 1 is 1.33 bits per heavy atom. The molecule has 2 N–H and O–H groups in total. The molecular formula is C14H24N2OS. The van der Waals surface area contributed by atoms with Crippen molar-refractivity contribution in [2.75, 3.05) is 13.1 Å². The van der Waals surface area contributed by atoms with Crippen LogP contribution in [0.2, 0.25) is 0 Å². The van der Waals surface area contributed by atoms with Gasteiger partial charge >= 0.3 is 0 Å². The third-order valence-corrected chi connectivity index (χ3v) is 4.32. The van der Waals surface area contributed by atoms with Gasteiger partial charge < -0.3 is 10.6 Å². The summed E-state index contributed by atoms with van der Waals surface area (Å²) >= 11 is 4.91. The third-order valence-electron chi connectivity index (χ3n) is 4.12. The van der Waals surface area contributed by atoms with Crippen molar-refractivity contribution in [1.29, 1.82) is 0 Å². The molecule has 2 rings (SSSR count). The Labute approximate surface area is 115 Å². The van der Waals surface area contributed by atoms with E-state index in [1.54, 1.807) is 0 Å². The second-order valence-electron chi connectivity index (χ2n) is 6.32. The molecule has 0 bridgehead atoms. The lowest BCUT2D eigenvalue weighted by atomic mass is 10.0. The maximum atomic E-state index is 12.5. The molecule has 1 amide bonds. The largest absolute Gasteiger partial charge is 0.393 e. The van der Waals surface area contributed by atoms with Crippen LogP contribution in [0.15, 0.2) is 0 Å². The van der Waals surface area contributed by atoms with Crippen LogP contribution in [0.4, 0.5) is 0 Å². The summed E-state index contributed by atoms with van der Waals surface area (Å²) in [6.45, 7) is 5.81. The molecule has 4 heteroatoms. The molecule has 0 saturated heterocycles. The highest BCUT2D eigenvalue weighted by Crippen LogP contribution is 2.54. The first-order chi connectivity index (χ1) is 8.47. The van der Waals surface area contributed by atoms with Crippen molar-refractivity contribution in [3.05, 3.63) is 0 Å². The number of hydrogen-bond acceptors (Lipinski definition) is 2. The zero-order valence-corrected chi connectivity index (χ0v) is 12.2. The van der Waals surface area contributed by atoms with Crippen molar-refractivity contribution in [1.82, 2.24) is 4.90 Å². The molecule has 2 fully saturated rings. The van der Waals surface area contributed by atoms with E-state index in [9.17, 15) is 4.79 Å². The van der Waals surface area contributed by atoms with Crippen LogP contribution in [0.25, 0.3) is 0 Å². The van der Waals surface area contributed by atoms with Crippen molar-refractivity contribution in [2.45, 2.75) is 39.5 Å². The number of amides is 1. The number of carbonyl (C=O) groups is 1. The van der Waals surface area contributed by atoms with Gasteiger partial charge in [-0.15, -0.1) is 0 Å². The highest BCUT2D eigenvalue weighted by Gasteiger charge is 2.48. The quantitative estimate of drug-likeness (QED) is 0.751. The van der Waals surface area contributed by atoms with Crippen molar-refractivity contribution in [3.8, 4) is 0 Å². The number of thiocarbonyl (C=S) groups is 1. The minimum atomic E-state index is 0.277. The van der Waals surface area contributed by atoms with Gasteiger partial charge in [-0.1, -0.05) is 26.1 Å². The van der Waals surface area contributed by atoms with Gasteiger partial charge in [0.05, 0.1) is 4.99 Å². The fraction of sp³-hybridized carbons (Fsp3) is 0.857. The number of carbonyl (C=O) groups excluding carboxylic acids is 1. The first-order valence-electron chi connectivity index (χ1n) is 7.04. The summed E-state index contributed by atoms with van der Waals surface area (Å²) in [6.07, 6.45) is 4.24. The molecule has 2 aliphatic rings. The summed E-state index contributed by atoms with van der Waals surface area (Å²) in [5, 5.41) is 0. The molecule has 0 spiro atoms. The van der Waals surface area contributed by atoms with Gasteiger partial charge in [0.15, 0.2) is 0 Å². The second kappa shape index (κ2) is 5.55. The van der Waals surface area contributed by atoms with Crippen molar-refractivity contribution in [2.24, 2.45) is 29.4 Å². The Kier molecular flexibility index (Phi) is 4.25. The van der Waals surface area contributed by atoms with Gasteiger partial charge in [0.2, 0.25) is 5.91 Å². The lowest BCUT2D eigenvalue weighted by Crippen LogP contribution is -2.40. The first-order valence-corrected chi connectivity index (χ1v) is 7.45. The number of fused-ring (bicyclic) bond motifs is 1. The second-order valence-corrected chi connectivity index (χ2v) is 6.84. The zero-order valence-electron chi connectivity index (χ0n) is 11.4. The summed E-state index contributed by atoms with van der Waals surface area (Å²) in [5.41, 5.74) is 5.55. The van der Waals surface area contributed by atoms with Gasteiger partial charge in [-0.2, -0.15) is 0 Å². The lowest BCUT2D eigenvalue weighted by molar-refractivity contribution is -0.136. The monoisotopic (exact) mass is 268 g/mol. The van der Waals surface area contributed by atoms with Gasteiger partial charge in [-0.25, -0.2) is 0 Å². The van der Waals surface area contributed by atoms with Gasteiger partial charge in [0.1, 0.15) is 0 Å². The molecule has 0 radical (unpaired) electrons. The predicted molar refractivity (Wildman–Crippen MR) is 77.1 cm³/mol. The molecular weight excluding hydrogens is 244 g/mol. The Morgan fingerprint density at radius 2 is 1.94 bits per heavy atom. The molecule has 2 aliphatic carbocycles. The highest BCUT2D eigenvalue weighted by atomic mass is 32.1. The molecule has 3 nitrogen and oxygen atoms in total. The molecule has 0 aliphatic heterocycles. The van der Waals surface area contributed by atoms with Crippen LogP contribution in [-0.4, -0.2) is 28.9 Å². The Hall–Kier alpha value is -0.640. The fourth-order valence-electron chi connectivity index (χ4n) is 3.15. The van der Waals surface area contributed by atoms with E-state index in [1.807, 2.05) is 4.90 Å². The Balaban J connectivity index is 1.89. The summed E-state index contributed by atoms with van der Waals surface area (Å²) in [7, 11) is 0. The summed E-state index contributed by atoms with van der Waals surface area (Å²) < 4.78 is 0. The van der Waals surface area contributed by atoms with Gasteiger partial charge in [0, 0.05) is 25.4 Å². The Morgan fingerprint density at radius 3 is 2.44 bits per heavy atom. The molecule has 0 aromatic carbocycles. The van der Waals surface area contributed by atoms with E-state index < -0.39 is 0 Å². The number of nitrogens with two attached hydrogens (primary N) is 1. The number of nitrogens with zero attached hydrogens (tertiary/aromatic N) is 1. The normalized spacial score (nSPS) is 29.2. The smallest absolute Gasteiger partial charge is 0.225 e. The highest BCUT2D eigenvalue weighted by molar-refractivity contribution is 7.80. The molecule has 0 heterocycles. The van der Waals surface area contributed by atoms with Crippen LogP contribution in [0, 0.1) is 23.7 Å². The summed E-state index contributed by atoms with van der Waals surface area (Å²) in [5.74, 6) is 2.83. The van der Waals surface area contributed by atoms with Crippen molar-refractivity contribution in [3.63, 3.8) is 0 Å². The minimum absolute atomic E-state index is 0.277. The lowest BCUT2D eigenvalue weighted by Gasteiger charge is -2.27. The van der Waals surface area contributed by atoms with E-state index in [4.69, 9.17) is 18.0 Å². The maximum Gasteiger partial charge on any atom is 0.225 e. The predicted octanol–water partition coefficient (Wildman–Crippen LogP) is 2.19. The first kappa shape index (κ1) is 13.8. The molecule has 102 valence electrons. The SMILES string of the molecule is CC(C)CN(CCC(N)=S)C(=O)C1CC2CC2C1. The molecule has 0 aromatic heterocycles. The van der Waals surface area contributed by atoms with Gasteiger partial charge in [0.25, 0.3) is 0 Å². The van der Waals surface area contributed by atoms with E-state index in [0.717, 1.165) is 31.2 Å². The summed E-state index contributed by atoms with van der Waals surface area (Å²) in [4.78, 5) is 15.0. The molecule has 18 heavy (non-hydrogen) atoms. The van der Waals surface area contributed by atoms with E-state index >= 15 is 0 Å². The third kappa shape index (κ3) is 3.44. The molecule has 2 saturated carbocycles. The molecule has 2 unspecified atom stereocenters.